The highest BCUT2D eigenvalue weighted by Gasteiger charge is 2.51. The average Bonchev–Trinajstić information content (AvgIpc) is 2.66. The van der Waals surface area contributed by atoms with Gasteiger partial charge in [-0.15, -0.1) is 0 Å². The number of rotatable bonds is 3. The zero-order valence-corrected chi connectivity index (χ0v) is 9.43. The fraction of sp³-hybridized carbons (Fsp3) is 0.909. The molecular weight excluding hydrogens is 196 g/mol. The molecular formula is C11H18O4. The average molecular weight is 214 g/mol. The lowest BCUT2D eigenvalue weighted by atomic mass is 9.88. The first-order valence-electron chi connectivity index (χ1n) is 5.42. The molecule has 0 aromatic rings. The van der Waals surface area contributed by atoms with Crippen LogP contribution in [0, 0.1) is 17.8 Å². The molecule has 4 nitrogen and oxygen atoms in total. The minimum Gasteiger partial charge on any atom is -0.462 e. The van der Waals surface area contributed by atoms with E-state index >= 15 is 0 Å². The maximum atomic E-state index is 11.2. The summed E-state index contributed by atoms with van der Waals surface area (Å²) in [6.45, 7) is 2.17. The minimum atomic E-state index is -0.218. The summed E-state index contributed by atoms with van der Waals surface area (Å²) in [5, 5.41) is 0. The molecule has 1 aliphatic heterocycles. The van der Waals surface area contributed by atoms with E-state index in [0.29, 0.717) is 12.3 Å². The third kappa shape index (κ3) is 1.76. The van der Waals surface area contributed by atoms with Crippen molar-refractivity contribution in [2.45, 2.75) is 32.2 Å². The first kappa shape index (κ1) is 10.9. The highest BCUT2D eigenvalue weighted by Crippen LogP contribution is 2.46. The van der Waals surface area contributed by atoms with Crippen molar-refractivity contribution in [1.29, 1.82) is 0 Å². The van der Waals surface area contributed by atoms with Gasteiger partial charge in [0.15, 0.2) is 6.29 Å². The molecule has 0 spiro atoms. The highest BCUT2D eigenvalue weighted by molar-refractivity contribution is 5.72. The molecule has 4 atom stereocenters. The Hall–Kier alpha value is -0.610. The summed E-state index contributed by atoms with van der Waals surface area (Å²) in [4.78, 5) is 11.2. The van der Waals surface area contributed by atoms with Crippen LogP contribution in [-0.4, -0.2) is 32.6 Å². The van der Waals surface area contributed by atoms with Crippen LogP contribution in [0.3, 0.4) is 0 Å². The van der Waals surface area contributed by atoms with E-state index in [2.05, 4.69) is 6.92 Å². The quantitative estimate of drug-likeness (QED) is 0.523. The monoisotopic (exact) mass is 214 g/mol. The highest BCUT2D eigenvalue weighted by atomic mass is 16.7. The first-order valence-corrected chi connectivity index (χ1v) is 5.42. The topological polar surface area (TPSA) is 44.8 Å². The Morgan fingerprint density at radius 1 is 1.40 bits per heavy atom. The van der Waals surface area contributed by atoms with Crippen LogP contribution >= 0.6 is 0 Å². The van der Waals surface area contributed by atoms with Gasteiger partial charge < -0.3 is 14.2 Å². The van der Waals surface area contributed by atoms with Gasteiger partial charge in [0, 0.05) is 26.1 Å². The SMILES string of the molecule is COC(OC)[C@H]1[C@@H]2CC(=O)O[C@@H]2C[C@@H]1C. The van der Waals surface area contributed by atoms with E-state index < -0.39 is 0 Å². The smallest absolute Gasteiger partial charge is 0.306 e. The van der Waals surface area contributed by atoms with Crippen molar-refractivity contribution in [3.8, 4) is 0 Å². The fourth-order valence-electron chi connectivity index (χ4n) is 3.06. The zero-order valence-electron chi connectivity index (χ0n) is 9.43. The Morgan fingerprint density at radius 2 is 2.07 bits per heavy atom. The molecule has 0 bridgehead atoms. The van der Waals surface area contributed by atoms with Crippen molar-refractivity contribution in [1.82, 2.24) is 0 Å². The molecule has 0 aromatic heterocycles. The number of carbonyl (C=O) groups excluding carboxylic acids is 1. The number of esters is 1. The number of hydrogen-bond acceptors (Lipinski definition) is 4. The van der Waals surface area contributed by atoms with Crippen LogP contribution in [0.2, 0.25) is 0 Å². The normalized spacial score (nSPS) is 39.6. The lowest BCUT2D eigenvalue weighted by Gasteiger charge is -2.27. The zero-order chi connectivity index (χ0) is 11.0. The Bertz CT molecular complexity index is 249. The van der Waals surface area contributed by atoms with Gasteiger partial charge in [-0.25, -0.2) is 0 Å². The van der Waals surface area contributed by atoms with Crippen LogP contribution in [0.4, 0.5) is 0 Å². The maximum absolute atomic E-state index is 11.2. The van der Waals surface area contributed by atoms with Crippen molar-refractivity contribution in [3.63, 3.8) is 0 Å². The largest absolute Gasteiger partial charge is 0.462 e. The molecule has 1 saturated carbocycles. The van der Waals surface area contributed by atoms with Crippen LogP contribution < -0.4 is 0 Å². The van der Waals surface area contributed by atoms with E-state index in [-0.39, 0.29) is 30.2 Å². The van der Waals surface area contributed by atoms with Gasteiger partial charge in [0.25, 0.3) is 0 Å². The van der Waals surface area contributed by atoms with E-state index in [0.717, 1.165) is 6.42 Å². The van der Waals surface area contributed by atoms with Crippen LogP contribution in [-0.2, 0) is 19.0 Å². The number of fused-ring (bicyclic) bond motifs is 1. The standard InChI is InChI=1S/C11H18O4/c1-6-4-8-7(5-9(12)15-8)10(6)11(13-2)14-3/h6-8,10-11H,4-5H2,1-3H3/t6-,7+,8+,10+/m0/s1. The molecule has 1 heterocycles. The van der Waals surface area contributed by atoms with Crippen molar-refractivity contribution in [3.05, 3.63) is 0 Å². The summed E-state index contributed by atoms with van der Waals surface area (Å²) < 4.78 is 15.9. The van der Waals surface area contributed by atoms with Gasteiger partial charge in [0.05, 0.1) is 6.42 Å². The van der Waals surface area contributed by atoms with Crippen molar-refractivity contribution in [2.75, 3.05) is 14.2 Å². The Morgan fingerprint density at radius 3 is 2.67 bits per heavy atom. The molecule has 1 saturated heterocycles. The molecule has 1 aliphatic carbocycles. The summed E-state index contributed by atoms with van der Waals surface area (Å²) in [5.74, 6) is 0.958. The number of hydrogen-bond donors (Lipinski definition) is 0. The number of carbonyl (C=O) groups is 1. The van der Waals surface area contributed by atoms with Crippen LogP contribution in [0.15, 0.2) is 0 Å². The van der Waals surface area contributed by atoms with Crippen LogP contribution in [0.5, 0.6) is 0 Å². The Labute approximate surface area is 89.9 Å². The molecule has 0 N–H and O–H groups in total. The third-order valence-electron chi connectivity index (χ3n) is 3.70. The van der Waals surface area contributed by atoms with Gasteiger partial charge in [-0.2, -0.15) is 0 Å². The molecule has 0 unspecified atom stereocenters. The third-order valence-corrected chi connectivity index (χ3v) is 3.70. The fourth-order valence-corrected chi connectivity index (χ4v) is 3.06. The first-order chi connectivity index (χ1) is 7.17. The summed E-state index contributed by atoms with van der Waals surface area (Å²) >= 11 is 0. The lowest BCUT2D eigenvalue weighted by molar-refractivity contribution is -0.153. The second-order valence-corrected chi connectivity index (χ2v) is 4.53. The van der Waals surface area contributed by atoms with E-state index in [1.807, 2.05) is 0 Å². The molecule has 2 rings (SSSR count). The van der Waals surface area contributed by atoms with Gasteiger partial charge in [-0.05, 0) is 12.3 Å². The second kappa shape index (κ2) is 4.10. The molecule has 0 aromatic carbocycles. The second-order valence-electron chi connectivity index (χ2n) is 4.53. The van der Waals surface area contributed by atoms with Crippen LogP contribution in [0.1, 0.15) is 19.8 Å². The van der Waals surface area contributed by atoms with Crippen molar-refractivity contribution >= 4 is 5.97 Å². The Kier molecular flexibility index (Phi) is 2.98. The maximum Gasteiger partial charge on any atom is 0.306 e. The van der Waals surface area contributed by atoms with Gasteiger partial charge in [0.1, 0.15) is 6.10 Å². The molecule has 15 heavy (non-hydrogen) atoms. The van der Waals surface area contributed by atoms with E-state index in [1.165, 1.54) is 0 Å². The lowest BCUT2D eigenvalue weighted by Crippen LogP contribution is -2.32. The number of ether oxygens (including phenoxy) is 3. The van der Waals surface area contributed by atoms with Gasteiger partial charge in [0.2, 0.25) is 0 Å². The predicted molar refractivity (Wildman–Crippen MR) is 53.1 cm³/mol. The van der Waals surface area contributed by atoms with Crippen molar-refractivity contribution < 1.29 is 19.0 Å². The van der Waals surface area contributed by atoms with Crippen LogP contribution in [0.25, 0.3) is 0 Å². The number of methoxy groups -OCH3 is 2. The van der Waals surface area contributed by atoms with E-state index in [1.54, 1.807) is 14.2 Å². The Balaban J connectivity index is 2.12. The molecule has 2 fully saturated rings. The summed E-state index contributed by atoms with van der Waals surface area (Å²) in [7, 11) is 3.29. The van der Waals surface area contributed by atoms with E-state index in [4.69, 9.17) is 14.2 Å². The molecule has 2 aliphatic rings. The predicted octanol–water partition coefficient (Wildman–Crippen LogP) is 1.19. The van der Waals surface area contributed by atoms with Crippen molar-refractivity contribution in [2.24, 2.45) is 17.8 Å². The molecule has 0 radical (unpaired) electrons. The minimum absolute atomic E-state index is 0.0761. The summed E-state index contributed by atoms with van der Waals surface area (Å²) in [5.41, 5.74) is 0. The van der Waals surface area contributed by atoms with E-state index in [9.17, 15) is 4.79 Å². The molecule has 0 amide bonds. The van der Waals surface area contributed by atoms with Gasteiger partial charge in [-0.1, -0.05) is 6.92 Å². The summed E-state index contributed by atoms with van der Waals surface area (Å²) in [6, 6.07) is 0. The van der Waals surface area contributed by atoms with Gasteiger partial charge in [-0.3, -0.25) is 4.79 Å². The molecule has 4 heteroatoms. The van der Waals surface area contributed by atoms with Gasteiger partial charge >= 0.3 is 5.97 Å². The summed E-state index contributed by atoms with van der Waals surface area (Å²) in [6.07, 6.45) is 1.32. The molecule has 86 valence electrons.